The number of Topliss-reactive ketones (excluding diaryl/α,β-unsaturated/α-hetero) is 1. The number of carbonyl (C=O) groups excluding carboxylic acids is 1. The Morgan fingerprint density at radius 1 is 1.36 bits per heavy atom. The summed E-state index contributed by atoms with van der Waals surface area (Å²) in [7, 11) is 0. The lowest BCUT2D eigenvalue weighted by Crippen LogP contribution is -2.17. The first kappa shape index (κ1) is 14.6. The highest BCUT2D eigenvalue weighted by molar-refractivity contribution is 6.26. The smallest absolute Gasteiger partial charge is 0.345 e. The molecule has 25 heavy (non-hydrogen) atoms. The predicted octanol–water partition coefficient (Wildman–Crippen LogP) is 0.634. The highest BCUT2D eigenvalue weighted by Gasteiger charge is 2.36. The monoisotopic (exact) mass is 338 g/mol. The molecule has 0 amide bonds. The van der Waals surface area contributed by atoms with Gasteiger partial charge >= 0.3 is 5.97 Å². The second-order valence-electron chi connectivity index (χ2n) is 5.07. The molecule has 0 aromatic carbocycles. The lowest BCUT2D eigenvalue weighted by Gasteiger charge is -2.07. The highest BCUT2D eigenvalue weighted by atomic mass is 16.5. The summed E-state index contributed by atoms with van der Waals surface area (Å²) >= 11 is 0. The van der Waals surface area contributed by atoms with Crippen LogP contribution in [0.15, 0.2) is 54.4 Å². The maximum absolute atomic E-state index is 12.4. The normalized spacial score (nSPS) is 15.8. The summed E-state index contributed by atoms with van der Waals surface area (Å²) in [6, 6.07) is 3.59. The average Bonchev–Trinajstić information content (AvgIpc) is 3.30. The zero-order valence-corrected chi connectivity index (χ0v) is 12.5. The number of aromatic amines is 1. The van der Waals surface area contributed by atoms with Crippen molar-refractivity contribution in [2.45, 2.75) is 0 Å². The third-order valence-electron chi connectivity index (χ3n) is 3.52. The Kier molecular flexibility index (Phi) is 3.28. The van der Waals surface area contributed by atoms with Gasteiger partial charge in [-0.1, -0.05) is 0 Å². The first-order chi connectivity index (χ1) is 12.1. The number of nitrogens with one attached hydrogen (secondary N) is 2. The second kappa shape index (κ2) is 5.60. The Morgan fingerprint density at radius 3 is 2.92 bits per heavy atom. The van der Waals surface area contributed by atoms with Crippen molar-refractivity contribution >= 4 is 28.9 Å². The van der Waals surface area contributed by atoms with E-state index in [4.69, 9.17) is 4.74 Å². The lowest BCUT2D eigenvalue weighted by atomic mass is 10.1. The van der Waals surface area contributed by atoms with Gasteiger partial charge in [-0.25, -0.2) is 14.5 Å². The molecule has 124 valence electrons. The zero-order chi connectivity index (χ0) is 17.4. The maximum Gasteiger partial charge on any atom is 0.345 e. The lowest BCUT2D eigenvalue weighted by molar-refractivity contribution is -0.134. The van der Waals surface area contributed by atoms with E-state index >= 15 is 0 Å². The first-order valence-electron chi connectivity index (χ1n) is 7.09. The first-order valence-corrected chi connectivity index (χ1v) is 7.09. The highest BCUT2D eigenvalue weighted by Crippen LogP contribution is 2.27. The second-order valence-corrected chi connectivity index (χ2v) is 5.07. The van der Waals surface area contributed by atoms with Gasteiger partial charge in [0.15, 0.2) is 11.3 Å². The Hall–Kier alpha value is -3.95. The van der Waals surface area contributed by atoms with Crippen LogP contribution in [0.4, 0.5) is 0 Å². The summed E-state index contributed by atoms with van der Waals surface area (Å²) in [5.74, 6) is -2.45. The molecule has 0 bridgehead atoms. The summed E-state index contributed by atoms with van der Waals surface area (Å²) in [6.45, 7) is 0. The molecular formula is C15H10N6O4. The van der Waals surface area contributed by atoms with Crippen LogP contribution in [-0.4, -0.2) is 41.7 Å². The number of H-pyrrole nitrogens is 1. The Bertz CT molecular complexity index is 1050. The summed E-state index contributed by atoms with van der Waals surface area (Å²) in [6.07, 6.45) is 7.36. The van der Waals surface area contributed by atoms with E-state index in [1.165, 1.54) is 23.4 Å². The number of aromatic nitrogens is 5. The van der Waals surface area contributed by atoms with Crippen LogP contribution in [0.25, 0.3) is 17.1 Å². The summed E-state index contributed by atoms with van der Waals surface area (Å²) in [5, 5.41) is 17.3. The van der Waals surface area contributed by atoms with Gasteiger partial charge in [-0.15, -0.1) is 10.2 Å². The number of carbonyl (C=O) groups is 2. The Morgan fingerprint density at radius 2 is 2.16 bits per heavy atom. The molecule has 1 aliphatic rings. The van der Waals surface area contributed by atoms with Crippen LogP contribution in [0.1, 0.15) is 5.56 Å². The molecule has 3 N–H and O–H groups in total. The van der Waals surface area contributed by atoms with E-state index in [2.05, 4.69) is 25.6 Å². The van der Waals surface area contributed by atoms with Gasteiger partial charge < -0.3 is 14.8 Å². The van der Waals surface area contributed by atoms with Gasteiger partial charge in [-0.3, -0.25) is 10.2 Å². The van der Waals surface area contributed by atoms with Crippen molar-refractivity contribution < 1.29 is 19.4 Å². The maximum atomic E-state index is 12.4. The molecule has 10 nitrogen and oxygen atoms in total. The van der Waals surface area contributed by atoms with Crippen LogP contribution in [0.3, 0.4) is 0 Å². The molecule has 0 fully saturated rings. The van der Waals surface area contributed by atoms with Gasteiger partial charge in [0.05, 0.1) is 0 Å². The number of ketones is 1. The number of ether oxygens (including phenoxy) is 1. The number of hydrogen-bond acceptors (Lipinski definition) is 7. The van der Waals surface area contributed by atoms with Crippen molar-refractivity contribution in [1.29, 1.82) is 0 Å². The Labute approximate surface area is 139 Å². The predicted molar refractivity (Wildman–Crippen MR) is 84.2 cm³/mol. The zero-order valence-electron chi connectivity index (χ0n) is 12.5. The van der Waals surface area contributed by atoms with Crippen LogP contribution in [0, 0.1) is 0 Å². The molecule has 0 atom stereocenters. The van der Waals surface area contributed by atoms with Crippen LogP contribution in [-0.2, 0) is 14.3 Å². The number of pyridine rings is 1. The standard InChI is InChI=1S/C15H10N6O4/c22-12-10(4-8-5-17-13-9(8)2-1-3-16-13)25-14(11(12)15(23)24)20-21-6-18-19-7-21/h1-7,20H,(H,16,17)(H,23,24). The van der Waals surface area contributed by atoms with Crippen molar-refractivity contribution in [2.24, 2.45) is 0 Å². The van der Waals surface area contributed by atoms with Crippen LogP contribution in [0.2, 0.25) is 0 Å². The van der Waals surface area contributed by atoms with Crippen LogP contribution in [0.5, 0.6) is 0 Å². The molecule has 0 saturated carbocycles. The van der Waals surface area contributed by atoms with E-state index in [0.717, 1.165) is 5.39 Å². The van der Waals surface area contributed by atoms with Gasteiger partial charge in [-0.2, -0.15) is 0 Å². The van der Waals surface area contributed by atoms with E-state index in [-0.39, 0.29) is 11.6 Å². The van der Waals surface area contributed by atoms with Gasteiger partial charge in [0, 0.05) is 23.3 Å². The van der Waals surface area contributed by atoms with E-state index in [0.29, 0.717) is 11.2 Å². The number of fused-ring (bicyclic) bond motifs is 1. The molecule has 3 aromatic heterocycles. The molecule has 1 aliphatic heterocycles. The average molecular weight is 338 g/mol. The molecule has 0 saturated heterocycles. The SMILES string of the molecule is O=C(O)C1=C(Nn2cnnc2)OC(=Cc2c[nH]c3ncccc23)C1=O. The van der Waals surface area contributed by atoms with E-state index in [1.54, 1.807) is 18.5 Å². The minimum Gasteiger partial charge on any atom is -0.477 e. The largest absolute Gasteiger partial charge is 0.477 e. The van der Waals surface area contributed by atoms with Gasteiger partial charge in [0.25, 0.3) is 0 Å². The fourth-order valence-electron chi connectivity index (χ4n) is 2.42. The van der Waals surface area contributed by atoms with Gasteiger partial charge in [0.1, 0.15) is 18.3 Å². The number of nitrogens with zero attached hydrogens (tertiary/aromatic N) is 4. The molecule has 10 heteroatoms. The van der Waals surface area contributed by atoms with Gasteiger partial charge in [-0.05, 0) is 18.2 Å². The third-order valence-corrected chi connectivity index (χ3v) is 3.52. The number of carboxylic acids is 1. The molecular weight excluding hydrogens is 328 g/mol. The Balaban J connectivity index is 1.71. The number of carboxylic acid groups (broad SMARTS) is 1. The topological polar surface area (TPSA) is 135 Å². The van der Waals surface area contributed by atoms with Crippen molar-refractivity contribution in [3.8, 4) is 0 Å². The minimum atomic E-state index is -1.40. The molecule has 0 unspecified atom stereocenters. The molecule has 0 aliphatic carbocycles. The summed E-state index contributed by atoms with van der Waals surface area (Å²) in [4.78, 5) is 31.0. The fourth-order valence-corrected chi connectivity index (χ4v) is 2.42. The molecule has 0 spiro atoms. The van der Waals surface area contributed by atoms with E-state index in [9.17, 15) is 14.7 Å². The summed E-state index contributed by atoms with van der Waals surface area (Å²) in [5.41, 5.74) is 3.42. The van der Waals surface area contributed by atoms with Crippen LogP contribution >= 0.6 is 0 Å². The quantitative estimate of drug-likeness (QED) is 0.466. The van der Waals surface area contributed by atoms with Crippen LogP contribution < -0.4 is 5.43 Å². The van der Waals surface area contributed by atoms with Crippen molar-refractivity contribution in [3.63, 3.8) is 0 Å². The summed E-state index contributed by atoms with van der Waals surface area (Å²) < 4.78 is 6.70. The van der Waals surface area contributed by atoms with E-state index < -0.39 is 17.3 Å². The van der Waals surface area contributed by atoms with Crippen molar-refractivity contribution in [2.75, 3.05) is 5.43 Å². The number of allylic oxidation sites excluding steroid dienone is 1. The minimum absolute atomic E-state index is 0.113. The van der Waals surface area contributed by atoms with Gasteiger partial charge in [0.2, 0.25) is 11.7 Å². The molecule has 3 aromatic rings. The molecule has 0 radical (unpaired) electrons. The van der Waals surface area contributed by atoms with E-state index in [1.807, 2.05) is 6.07 Å². The number of aliphatic carboxylic acids is 1. The molecule has 4 rings (SSSR count). The molecule has 4 heterocycles. The number of rotatable bonds is 4. The van der Waals surface area contributed by atoms with Crippen molar-refractivity contribution in [3.05, 3.63) is 60.0 Å². The fraction of sp³-hybridized carbons (Fsp3) is 0. The third kappa shape index (κ3) is 2.51. The van der Waals surface area contributed by atoms with Crippen molar-refractivity contribution in [1.82, 2.24) is 24.8 Å². The number of hydrogen-bond donors (Lipinski definition) is 3.